The van der Waals surface area contributed by atoms with Crippen LogP contribution in [0.2, 0.25) is 0 Å². The molecule has 0 aliphatic carbocycles. The number of ether oxygens (including phenoxy) is 1. The van der Waals surface area contributed by atoms with Gasteiger partial charge in [-0.05, 0) is 37.5 Å². The second kappa shape index (κ2) is 7.85. The topological polar surface area (TPSA) is 49.0 Å². The Morgan fingerprint density at radius 3 is 2.69 bits per heavy atom. The van der Waals surface area contributed by atoms with Crippen molar-refractivity contribution in [2.24, 2.45) is 0 Å². The summed E-state index contributed by atoms with van der Waals surface area (Å²) in [6, 6.07) is 9.63. The van der Waals surface area contributed by atoms with Crippen molar-refractivity contribution in [2.75, 3.05) is 13.7 Å². The van der Waals surface area contributed by atoms with Gasteiger partial charge >= 0.3 is 0 Å². The van der Waals surface area contributed by atoms with E-state index in [0.717, 1.165) is 16.8 Å². The molecular formula is C21H21N3O2. The van der Waals surface area contributed by atoms with E-state index in [1.54, 1.807) is 36.3 Å². The minimum absolute atomic E-state index is 0.0819. The second-order valence-corrected chi connectivity index (χ2v) is 6.10. The van der Waals surface area contributed by atoms with E-state index >= 15 is 0 Å². The Morgan fingerprint density at radius 2 is 1.96 bits per heavy atom. The van der Waals surface area contributed by atoms with Crippen LogP contribution in [0.5, 0.6) is 0 Å². The summed E-state index contributed by atoms with van der Waals surface area (Å²) in [5, 5.41) is 0. The van der Waals surface area contributed by atoms with Gasteiger partial charge in [-0.1, -0.05) is 23.6 Å². The number of rotatable bonds is 4. The smallest absolute Gasteiger partial charge is 0.252 e. The van der Waals surface area contributed by atoms with Crippen molar-refractivity contribution in [1.29, 1.82) is 0 Å². The first kappa shape index (κ1) is 17.7. The van der Waals surface area contributed by atoms with Crippen molar-refractivity contribution in [3.63, 3.8) is 0 Å². The van der Waals surface area contributed by atoms with Crippen molar-refractivity contribution < 1.29 is 4.74 Å². The highest BCUT2D eigenvalue weighted by Crippen LogP contribution is 2.11. The van der Waals surface area contributed by atoms with Gasteiger partial charge < -0.3 is 9.30 Å². The van der Waals surface area contributed by atoms with Crippen LogP contribution in [0.15, 0.2) is 53.7 Å². The predicted molar refractivity (Wildman–Crippen MR) is 102 cm³/mol. The lowest BCUT2D eigenvalue weighted by Gasteiger charge is -2.08. The third-order valence-electron chi connectivity index (χ3n) is 4.13. The zero-order chi connectivity index (χ0) is 18.5. The first-order valence-corrected chi connectivity index (χ1v) is 8.41. The van der Waals surface area contributed by atoms with Crippen LogP contribution in [0.25, 0.3) is 5.69 Å². The molecule has 0 bridgehead atoms. The lowest BCUT2D eigenvalue weighted by atomic mass is 10.1. The molecule has 0 saturated heterocycles. The van der Waals surface area contributed by atoms with Gasteiger partial charge in [0.25, 0.3) is 5.56 Å². The number of imidazole rings is 1. The maximum Gasteiger partial charge on any atom is 0.252 e. The molecule has 0 N–H and O–H groups in total. The maximum atomic E-state index is 12.2. The van der Waals surface area contributed by atoms with Crippen molar-refractivity contribution in [3.05, 3.63) is 81.8 Å². The summed E-state index contributed by atoms with van der Waals surface area (Å²) in [5.74, 6) is 6.88. The molecule has 0 radical (unpaired) electrons. The van der Waals surface area contributed by atoms with Crippen molar-refractivity contribution in [3.8, 4) is 17.5 Å². The number of methoxy groups -OCH3 is 1. The Hall–Kier alpha value is -3.10. The summed E-state index contributed by atoms with van der Waals surface area (Å²) >= 11 is 0. The highest BCUT2D eigenvalue weighted by atomic mass is 16.5. The zero-order valence-corrected chi connectivity index (χ0v) is 15.2. The van der Waals surface area contributed by atoms with E-state index in [1.165, 1.54) is 5.56 Å². The second-order valence-electron chi connectivity index (χ2n) is 6.10. The quantitative estimate of drug-likeness (QED) is 0.682. The van der Waals surface area contributed by atoms with Gasteiger partial charge in [0, 0.05) is 43.9 Å². The molecule has 0 atom stereocenters. The van der Waals surface area contributed by atoms with Crippen LogP contribution in [0.1, 0.15) is 22.5 Å². The van der Waals surface area contributed by atoms with Gasteiger partial charge in [-0.15, -0.1) is 0 Å². The monoisotopic (exact) mass is 347 g/mol. The van der Waals surface area contributed by atoms with E-state index in [9.17, 15) is 4.79 Å². The molecule has 5 heteroatoms. The number of pyridine rings is 1. The molecule has 0 spiro atoms. The Morgan fingerprint density at radius 1 is 1.12 bits per heavy atom. The van der Waals surface area contributed by atoms with Crippen molar-refractivity contribution in [1.82, 2.24) is 14.1 Å². The fourth-order valence-corrected chi connectivity index (χ4v) is 2.70. The fraction of sp³-hybridized carbons (Fsp3) is 0.238. The first-order chi connectivity index (χ1) is 12.6. The molecule has 1 aromatic carbocycles. The van der Waals surface area contributed by atoms with Gasteiger partial charge in [0.05, 0.1) is 12.3 Å². The van der Waals surface area contributed by atoms with Crippen molar-refractivity contribution in [2.45, 2.75) is 20.4 Å². The molecule has 0 aliphatic heterocycles. The molecule has 0 fully saturated rings. The van der Waals surface area contributed by atoms with Crippen LogP contribution >= 0.6 is 0 Å². The largest absolute Gasteiger partial charge is 0.383 e. The molecule has 0 aliphatic rings. The number of nitrogens with zero attached hydrogens (tertiary/aromatic N) is 3. The maximum absolute atomic E-state index is 12.2. The summed E-state index contributed by atoms with van der Waals surface area (Å²) in [6.07, 6.45) is 5.25. The first-order valence-electron chi connectivity index (χ1n) is 8.41. The Balaban J connectivity index is 1.91. The van der Waals surface area contributed by atoms with E-state index < -0.39 is 0 Å². The van der Waals surface area contributed by atoms with Crippen LogP contribution in [0.3, 0.4) is 0 Å². The van der Waals surface area contributed by atoms with Crippen LogP contribution in [0, 0.1) is 25.7 Å². The van der Waals surface area contributed by atoms with E-state index in [4.69, 9.17) is 4.74 Å². The number of aromatic nitrogens is 3. The fourth-order valence-electron chi connectivity index (χ4n) is 2.70. The van der Waals surface area contributed by atoms with Crippen molar-refractivity contribution >= 4 is 0 Å². The summed E-state index contributed by atoms with van der Waals surface area (Å²) in [5.41, 5.74) is 3.98. The molecule has 5 nitrogen and oxygen atoms in total. The van der Waals surface area contributed by atoms with Gasteiger partial charge in [-0.3, -0.25) is 9.36 Å². The molecule has 2 aromatic heterocycles. The number of hydrogen-bond acceptors (Lipinski definition) is 3. The minimum atomic E-state index is -0.0819. The number of benzene rings is 1. The van der Waals surface area contributed by atoms with Gasteiger partial charge in [0.15, 0.2) is 5.82 Å². The van der Waals surface area contributed by atoms with Crippen LogP contribution in [-0.4, -0.2) is 27.8 Å². The Labute approximate surface area is 152 Å². The van der Waals surface area contributed by atoms with E-state index in [0.29, 0.717) is 19.0 Å². The van der Waals surface area contributed by atoms with Crippen LogP contribution in [-0.2, 0) is 11.3 Å². The normalized spacial score (nSPS) is 10.4. The molecule has 3 rings (SSSR count). The van der Waals surface area contributed by atoms with Crippen LogP contribution < -0.4 is 5.56 Å². The SMILES string of the molecule is COCCn1ccc(-n2ccnc2C#Cc2ccc(C)cc2C)cc1=O. The molecule has 26 heavy (non-hydrogen) atoms. The van der Waals surface area contributed by atoms with Crippen LogP contribution in [0.4, 0.5) is 0 Å². The molecular weight excluding hydrogens is 326 g/mol. The van der Waals surface area contributed by atoms with E-state index in [-0.39, 0.29) is 5.56 Å². The van der Waals surface area contributed by atoms with E-state index in [1.807, 2.05) is 29.7 Å². The van der Waals surface area contributed by atoms with E-state index in [2.05, 4.69) is 29.8 Å². The summed E-state index contributed by atoms with van der Waals surface area (Å²) in [4.78, 5) is 16.6. The van der Waals surface area contributed by atoms with Gasteiger partial charge in [-0.2, -0.15) is 0 Å². The standard InChI is InChI=1S/C21H21N3O2/c1-16-4-5-18(17(2)14-16)6-7-20-22-9-11-24(20)19-8-10-23(12-13-26-3)21(25)15-19/h4-5,8-11,14-15H,12-13H2,1-3H3. The molecule has 0 saturated carbocycles. The Bertz CT molecular complexity index is 1040. The number of hydrogen-bond donors (Lipinski definition) is 0. The highest BCUT2D eigenvalue weighted by Gasteiger charge is 2.05. The minimum Gasteiger partial charge on any atom is -0.383 e. The Kier molecular flexibility index (Phi) is 5.35. The summed E-state index contributed by atoms with van der Waals surface area (Å²) in [6.45, 7) is 5.13. The molecule has 0 amide bonds. The van der Waals surface area contributed by atoms with Gasteiger partial charge in [0.2, 0.25) is 0 Å². The predicted octanol–water partition coefficient (Wildman–Crippen LogP) is 2.70. The molecule has 2 heterocycles. The molecule has 0 unspecified atom stereocenters. The zero-order valence-electron chi connectivity index (χ0n) is 15.2. The summed E-state index contributed by atoms with van der Waals surface area (Å²) in [7, 11) is 1.62. The average Bonchev–Trinajstić information content (AvgIpc) is 3.08. The van der Waals surface area contributed by atoms with Gasteiger partial charge in [-0.25, -0.2) is 4.98 Å². The third kappa shape index (κ3) is 3.93. The molecule has 132 valence electrons. The van der Waals surface area contributed by atoms with Gasteiger partial charge in [0.1, 0.15) is 0 Å². The lowest BCUT2D eigenvalue weighted by Crippen LogP contribution is -2.21. The average molecular weight is 347 g/mol. The highest BCUT2D eigenvalue weighted by molar-refractivity contribution is 5.46. The molecule has 3 aromatic rings. The third-order valence-corrected chi connectivity index (χ3v) is 4.13. The summed E-state index contributed by atoms with van der Waals surface area (Å²) < 4.78 is 8.45. The lowest BCUT2D eigenvalue weighted by molar-refractivity contribution is 0.186. The number of aryl methyl sites for hydroxylation is 2.